The van der Waals surface area contributed by atoms with Crippen LogP contribution in [0.4, 0.5) is 27.8 Å². The van der Waals surface area contributed by atoms with E-state index in [1.165, 1.54) is 4.90 Å². The summed E-state index contributed by atoms with van der Waals surface area (Å²) in [4.78, 5) is 8.63. The fraction of sp³-hybridized carbons (Fsp3) is 0.600. The van der Waals surface area contributed by atoms with Gasteiger partial charge in [-0.25, -0.2) is 8.78 Å². The van der Waals surface area contributed by atoms with E-state index in [0.717, 1.165) is 0 Å². The molecule has 1 aliphatic heterocycles. The largest absolute Gasteiger partial charge is 0.454 e. The van der Waals surface area contributed by atoms with Crippen molar-refractivity contribution < 1.29 is 26.7 Å². The summed E-state index contributed by atoms with van der Waals surface area (Å²) < 4.78 is 67.6. The van der Waals surface area contributed by atoms with Crippen LogP contribution < -0.4 is 9.64 Å². The predicted octanol–water partition coefficient (Wildman–Crippen LogP) is 1.53. The molecule has 3 heterocycles. The maximum atomic E-state index is 13.3. The van der Waals surface area contributed by atoms with E-state index in [1.54, 1.807) is 0 Å². The first-order chi connectivity index (χ1) is 10.2. The SMILES string of the molecule is FC(F)(F)COc1nc(N2CCC(F)(F)C2)c2n[nH]nc2n1. The molecule has 2 aromatic rings. The fourth-order valence-corrected chi connectivity index (χ4v) is 2.06. The molecule has 0 bridgehead atoms. The second kappa shape index (κ2) is 4.88. The van der Waals surface area contributed by atoms with Crippen molar-refractivity contribution in [1.82, 2.24) is 25.4 Å². The van der Waals surface area contributed by atoms with Crippen LogP contribution in [0.3, 0.4) is 0 Å². The summed E-state index contributed by atoms with van der Waals surface area (Å²) in [6.45, 7) is -2.21. The van der Waals surface area contributed by atoms with Crippen molar-refractivity contribution in [3.8, 4) is 6.01 Å². The van der Waals surface area contributed by atoms with E-state index in [0.29, 0.717) is 0 Å². The minimum Gasteiger partial charge on any atom is -0.454 e. The second-order valence-corrected chi connectivity index (χ2v) is 4.76. The lowest BCUT2D eigenvalue weighted by atomic mass is 10.3. The number of halogens is 5. The summed E-state index contributed by atoms with van der Waals surface area (Å²) in [6.07, 6.45) is -4.95. The summed E-state index contributed by atoms with van der Waals surface area (Å²) in [5.41, 5.74) is 0.0365. The third-order valence-electron chi connectivity index (χ3n) is 2.98. The maximum Gasteiger partial charge on any atom is 0.422 e. The van der Waals surface area contributed by atoms with Crippen LogP contribution in [-0.4, -0.2) is 57.2 Å². The van der Waals surface area contributed by atoms with E-state index in [4.69, 9.17) is 0 Å². The zero-order valence-electron chi connectivity index (χ0n) is 10.9. The molecule has 0 radical (unpaired) electrons. The number of ether oxygens (including phenoxy) is 1. The maximum absolute atomic E-state index is 13.3. The second-order valence-electron chi connectivity index (χ2n) is 4.76. The molecular weight excluding hydrogens is 315 g/mol. The van der Waals surface area contributed by atoms with Crippen LogP contribution in [0.5, 0.6) is 6.01 Å². The van der Waals surface area contributed by atoms with Gasteiger partial charge < -0.3 is 9.64 Å². The van der Waals surface area contributed by atoms with Crippen LogP contribution in [0.2, 0.25) is 0 Å². The summed E-state index contributed by atoms with van der Waals surface area (Å²) in [7, 11) is 0. The number of fused-ring (bicyclic) bond motifs is 1. The Labute approximate surface area is 119 Å². The summed E-state index contributed by atoms with van der Waals surface area (Å²) in [6, 6.07) is -0.594. The fourth-order valence-electron chi connectivity index (χ4n) is 2.06. The Morgan fingerprint density at radius 2 is 2.00 bits per heavy atom. The Balaban J connectivity index is 1.93. The zero-order valence-corrected chi connectivity index (χ0v) is 10.9. The first-order valence-corrected chi connectivity index (χ1v) is 6.14. The van der Waals surface area contributed by atoms with Gasteiger partial charge in [-0.15, -0.1) is 5.10 Å². The van der Waals surface area contributed by atoms with Crippen molar-refractivity contribution >= 4 is 17.0 Å². The Hall–Kier alpha value is -2.27. The van der Waals surface area contributed by atoms with Gasteiger partial charge in [-0.05, 0) is 0 Å². The summed E-state index contributed by atoms with van der Waals surface area (Å²) in [5, 5.41) is 9.59. The summed E-state index contributed by atoms with van der Waals surface area (Å²) in [5.74, 6) is -2.93. The molecular formula is C10H9F5N6O. The average Bonchev–Trinajstić information content (AvgIpc) is 3.00. The van der Waals surface area contributed by atoms with Gasteiger partial charge in [-0.3, -0.25) is 0 Å². The minimum atomic E-state index is -4.57. The molecule has 1 saturated heterocycles. The molecule has 7 nitrogen and oxygen atoms in total. The average molecular weight is 324 g/mol. The normalized spacial score (nSPS) is 18.1. The summed E-state index contributed by atoms with van der Waals surface area (Å²) >= 11 is 0. The van der Waals surface area contributed by atoms with Crippen molar-refractivity contribution in [2.24, 2.45) is 0 Å². The van der Waals surface area contributed by atoms with E-state index in [-0.39, 0.29) is 29.9 Å². The smallest absolute Gasteiger partial charge is 0.422 e. The van der Waals surface area contributed by atoms with Crippen LogP contribution >= 0.6 is 0 Å². The number of alkyl halides is 5. The van der Waals surface area contributed by atoms with Gasteiger partial charge in [-0.2, -0.15) is 33.5 Å². The van der Waals surface area contributed by atoms with E-state index in [1.807, 2.05) is 0 Å². The van der Waals surface area contributed by atoms with Crippen LogP contribution in [0.1, 0.15) is 6.42 Å². The quantitative estimate of drug-likeness (QED) is 0.863. The van der Waals surface area contributed by atoms with Gasteiger partial charge in [0.1, 0.15) is 0 Å². The molecule has 0 saturated carbocycles. The van der Waals surface area contributed by atoms with Crippen molar-refractivity contribution in [1.29, 1.82) is 0 Å². The standard InChI is InChI=1S/C10H9F5N6O/c11-9(12)1-2-21(3-9)7-5-6(19-20-18-5)16-8(17-7)22-4-10(13,14)15/h1-4H2,(H,16,17,18,19,20). The van der Waals surface area contributed by atoms with Crippen molar-refractivity contribution in [3.05, 3.63) is 0 Å². The number of nitrogens with one attached hydrogen (secondary N) is 1. The van der Waals surface area contributed by atoms with Crippen LogP contribution in [0.15, 0.2) is 0 Å². The lowest BCUT2D eigenvalue weighted by Gasteiger charge is -2.17. The van der Waals surface area contributed by atoms with Gasteiger partial charge in [0.25, 0.3) is 5.92 Å². The molecule has 0 unspecified atom stereocenters. The highest BCUT2D eigenvalue weighted by Gasteiger charge is 2.40. The molecule has 0 spiro atoms. The van der Waals surface area contributed by atoms with Gasteiger partial charge >= 0.3 is 12.2 Å². The number of rotatable bonds is 3. The van der Waals surface area contributed by atoms with E-state index in [9.17, 15) is 22.0 Å². The molecule has 1 fully saturated rings. The number of nitrogens with zero attached hydrogens (tertiary/aromatic N) is 5. The van der Waals surface area contributed by atoms with Crippen LogP contribution in [-0.2, 0) is 0 Å². The highest BCUT2D eigenvalue weighted by atomic mass is 19.4. The van der Waals surface area contributed by atoms with Gasteiger partial charge in [0.05, 0.1) is 6.54 Å². The molecule has 0 aliphatic carbocycles. The Kier molecular flexibility index (Phi) is 3.25. The number of aromatic nitrogens is 5. The topological polar surface area (TPSA) is 79.8 Å². The van der Waals surface area contributed by atoms with Crippen molar-refractivity contribution in [2.45, 2.75) is 18.5 Å². The molecule has 0 aromatic carbocycles. The Morgan fingerprint density at radius 1 is 1.23 bits per heavy atom. The number of aromatic amines is 1. The molecule has 3 rings (SSSR count). The van der Waals surface area contributed by atoms with E-state index in [2.05, 4.69) is 30.1 Å². The highest BCUT2D eigenvalue weighted by Crippen LogP contribution is 2.33. The Bertz CT molecular complexity index is 686. The molecule has 1 N–H and O–H groups in total. The monoisotopic (exact) mass is 324 g/mol. The van der Waals surface area contributed by atoms with Crippen LogP contribution in [0.25, 0.3) is 11.2 Å². The minimum absolute atomic E-state index is 0.00924. The number of hydrogen-bond donors (Lipinski definition) is 1. The highest BCUT2D eigenvalue weighted by molar-refractivity contribution is 5.82. The molecule has 1 aliphatic rings. The predicted molar refractivity (Wildman–Crippen MR) is 62.8 cm³/mol. The molecule has 12 heteroatoms. The van der Waals surface area contributed by atoms with Gasteiger partial charge in [-0.1, -0.05) is 0 Å². The van der Waals surface area contributed by atoms with E-state index < -0.39 is 31.3 Å². The van der Waals surface area contributed by atoms with Gasteiger partial charge in [0.15, 0.2) is 17.9 Å². The lowest BCUT2D eigenvalue weighted by molar-refractivity contribution is -0.154. The third-order valence-corrected chi connectivity index (χ3v) is 2.98. The molecule has 0 atom stereocenters. The first-order valence-electron chi connectivity index (χ1n) is 6.14. The van der Waals surface area contributed by atoms with Crippen molar-refractivity contribution in [2.75, 3.05) is 24.6 Å². The number of H-pyrrole nitrogens is 1. The number of hydrogen-bond acceptors (Lipinski definition) is 6. The lowest BCUT2D eigenvalue weighted by Crippen LogP contribution is -2.26. The molecule has 2 aromatic heterocycles. The van der Waals surface area contributed by atoms with Gasteiger partial charge in [0, 0.05) is 13.0 Å². The van der Waals surface area contributed by atoms with E-state index >= 15 is 0 Å². The molecule has 120 valence electrons. The number of anilines is 1. The van der Waals surface area contributed by atoms with Crippen molar-refractivity contribution in [3.63, 3.8) is 0 Å². The molecule has 0 amide bonds. The Morgan fingerprint density at radius 3 is 2.64 bits per heavy atom. The zero-order chi connectivity index (χ0) is 16.0. The first kappa shape index (κ1) is 14.7. The van der Waals surface area contributed by atoms with Crippen LogP contribution in [0, 0.1) is 0 Å². The molecule has 22 heavy (non-hydrogen) atoms. The van der Waals surface area contributed by atoms with Gasteiger partial charge in [0.2, 0.25) is 5.65 Å². The third kappa shape index (κ3) is 2.99.